The lowest BCUT2D eigenvalue weighted by molar-refractivity contribution is -0.145. The molecular weight excluding hydrogens is 294 g/mol. The third-order valence-electron chi connectivity index (χ3n) is 3.60. The molecule has 0 radical (unpaired) electrons. The lowest BCUT2D eigenvalue weighted by Crippen LogP contribution is -2.50. The van der Waals surface area contributed by atoms with Gasteiger partial charge < -0.3 is 9.84 Å². The van der Waals surface area contributed by atoms with Gasteiger partial charge >= 0.3 is 5.97 Å². The molecule has 1 rings (SSSR count). The molecule has 1 aromatic carbocycles. The Labute approximate surface area is 125 Å². The number of carboxylic acid groups (broad SMARTS) is 1. The van der Waals surface area contributed by atoms with Crippen LogP contribution in [0.1, 0.15) is 25.0 Å². The molecule has 0 heterocycles. The minimum absolute atomic E-state index is 0.111. The summed E-state index contributed by atoms with van der Waals surface area (Å²) in [6.45, 7) is 6.01. The Hall–Kier alpha value is -1.60. The van der Waals surface area contributed by atoms with Gasteiger partial charge in [-0.25, -0.2) is 8.42 Å². The zero-order valence-electron chi connectivity index (χ0n) is 13.1. The highest BCUT2D eigenvalue weighted by Gasteiger charge is 2.41. The van der Waals surface area contributed by atoms with Crippen LogP contribution in [0.25, 0.3) is 0 Å². The highest BCUT2D eigenvalue weighted by Crippen LogP contribution is 2.30. The molecule has 0 aliphatic rings. The summed E-state index contributed by atoms with van der Waals surface area (Å²) in [6.07, 6.45) is 0. The molecule has 0 bridgehead atoms. The largest absolute Gasteiger partial charge is 0.497 e. The molecule has 1 aromatic rings. The van der Waals surface area contributed by atoms with Crippen molar-refractivity contribution in [1.29, 1.82) is 0 Å². The predicted molar refractivity (Wildman–Crippen MR) is 79.1 cm³/mol. The molecule has 0 saturated carbocycles. The average Bonchev–Trinajstić information content (AvgIpc) is 2.36. The number of likely N-dealkylation sites (N-methyl/N-ethyl adjacent to an activating group) is 1. The Morgan fingerprint density at radius 2 is 1.67 bits per heavy atom. The number of sulfonamides is 1. The molecule has 0 amide bonds. The maximum atomic E-state index is 12.7. The van der Waals surface area contributed by atoms with E-state index in [0.29, 0.717) is 16.9 Å². The molecule has 0 spiro atoms. The Morgan fingerprint density at radius 1 is 1.24 bits per heavy atom. The Bertz CT molecular complexity index is 641. The van der Waals surface area contributed by atoms with Gasteiger partial charge in [0.25, 0.3) is 0 Å². The number of carbonyl (C=O) groups is 1. The Kier molecular flexibility index (Phi) is 4.70. The van der Waals surface area contributed by atoms with Gasteiger partial charge in [0.05, 0.1) is 12.0 Å². The number of benzene rings is 1. The van der Waals surface area contributed by atoms with E-state index in [-0.39, 0.29) is 4.90 Å². The molecule has 0 unspecified atom stereocenters. The first-order valence-electron chi connectivity index (χ1n) is 6.34. The lowest BCUT2D eigenvalue weighted by Gasteiger charge is -2.31. The first kappa shape index (κ1) is 17.5. The molecule has 0 aliphatic carbocycles. The highest BCUT2D eigenvalue weighted by atomic mass is 32.2. The highest BCUT2D eigenvalue weighted by molar-refractivity contribution is 7.89. The maximum Gasteiger partial charge on any atom is 0.324 e. The summed E-state index contributed by atoms with van der Waals surface area (Å²) in [5, 5.41) is 9.22. The second-order valence-electron chi connectivity index (χ2n) is 5.43. The standard InChI is InChI=1S/C14H21NO5S/c1-9-7-11(20-6)8-10(2)12(9)21(18,19)15(5)14(3,4)13(16)17/h7-8H,1-6H3,(H,16,17). The van der Waals surface area contributed by atoms with E-state index in [1.807, 2.05) is 0 Å². The van der Waals surface area contributed by atoms with Crippen LogP contribution in [0.2, 0.25) is 0 Å². The monoisotopic (exact) mass is 315 g/mol. The van der Waals surface area contributed by atoms with Crippen molar-refractivity contribution in [1.82, 2.24) is 4.31 Å². The van der Waals surface area contributed by atoms with Gasteiger partial charge in [0, 0.05) is 7.05 Å². The number of aliphatic carboxylic acids is 1. The summed E-state index contributed by atoms with van der Waals surface area (Å²) in [5.41, 5.74) is -0.516. The van der Waals surface area contributed by atoms with Crippen molar-refractivity contribution in [2.45, 2.75) is 38.1 Å². The van der Waals surface area contributed by atoms with Crippen molar-refractivity contribution in [3.8, 4) is 5.75 Å². The minimum Gasteiger partial charge on any atom is -0.497 e. The summed E-state index contributed by atoms with van der Waals surface area (Å²) >= 11 is 0. The van der Waals surface area contributed by atoms with Crippen LogP contribution in [-0.2, 0) is 14.8 Å². The van der Waals surface area contributed by atoms with Crippen LogP contribution in [0.15, 0.2) is 17.0 Å². The molecule has 118 valence electrons. The number of methoxy groups -OCH3 is 1. The second-order valence-corrected chi connectivity index (χ2v) is 7.33. The van der Waals surface area contributed by atoms with E-state index in [1.54, 1.807) is 26.0 Å². The van der Waals surface area contributed by atoms with E-state index in [0.717, 1.165) is 4.31 Å². The molecule has 1 N–H and O–H groups in total. The van der Waals surface area contributed by atoms with Gasteiger partial charge in [0.15, 0.2) is 0 Å². The second kappa shape index (κ2) is 5.65. The van der Waals surface area contributed by atoms with Crippen LogP contribution in [-0.4, -0.2) is 43.5 Å². The van der Waals surface area contributed by atoms with Gasteiger partial charge in [-0.3, -0.25) is 4.79 Å². The molecule has 6 nitrogen and oxygen atoms in total. The van der Waals surface area contributed by atoms with Gasteiger partial charge in [0.2, 0.25) is 10.0 Å². The SMILES string of the molecule is COc1cc(C)c(S(=O)(=O)N(C)C(C)(C)C(=O)O)c(C)c1. The van der Waals surface area contributed by atoms with E-state index >= 15 is 0 Å². The summed E-state index contributed by atoms with van der Waals surface area (Å²) in [5.74, 6) is -0.651. The zero-order chi connectivity index (χ0) is 16.6. The number of nitrogens with zero attached hydrogens (tertiary/aromatic N) is 1. The number of hydrogen-bond donors (Lipinski definition) is 1. The molecule has 0 aliphatic heterocycles. The third-order valence-corrected chi connectivity index (χ3v) is 5.94. The predicted octanol–water partition coefficient (Wildman–Crippen LogP) is 1.80. The number of hydrogen-bond acceptors (Lipinski definition) is 4. The third kappa shape index (κ3) is 3.03. The van der Waals surface area contributed by atoms with Gasteiger partial charge in [-0.15, -0.1) is 0 Å². The first-order valence-corrected chi connectivity index (χ1v) is 7.78. The van der Waals surface area contributed by atoms with E-state index in [4.69, 9.17) is 4.74 Å². The zero-order valence-corrected chi connectivity index (χ0v) is 13.9. The van der Waals surface area contributed by atoms with E-state index < -0.39 is 21.5 Å². The van der Waals surface area contributed by atoms with Crippen molar-refractivity contribution >= 4 is 16.0 Å². The van der Waals surface area contributed by atoms with Crippen molar-refractivity contribution in [2.75, 3.05) is 14.2 Å². The topological polar surface area (TPSA) is 83.9 Å². The van der Waals surface area contributed by atoms with Crippen molar-refractivity contribution in [3.63, 3.8) is 0 Å². The fraction of sp³-hybridized carbons (Fsp3) is 0.500. The van der Waals surface area contributed by atoms with E-state index in [1.165, 1.54) is 28.0 Å². The normalized spacial score (nSPS) is 12.5. The summed E-state index contributed by atoms with van der Waals surface area (Å²) in [7, 11) is -1.16. The number of aryl methyl sites for hydroxylation is 2. The molecule has 0 aromatic heterocycles. The maximum absolute atomic E-state index is 12.7. The lowest BCUT2D eigenvalue weighted by atomic mass is 10.1. The van der Waals surface area contributed by atoms with Gasteiger partial charge in [-0.2, -0.15) is 4.31 Å². The Balaban J connectivity index is 3.49. The van der Waals surface area contributed by atoms with Gasteiger partial charge in [0.1, 0.15) is 11.3 Å². The fourth-order valence-electron chi connectivity index (χ4n) is 2.01. The number of carboxylic acids is 1. The molecule has 0 saturated heterocycles. The molecule has 0 fully saturated rings. The van der Waals surface area contributed by atoms with Crippen LogP contribution in [0, 0.1) is 13.8 Å². The molecule has 0 atom stereocenters. The van der Waals surface area contributed by atoms with Gasteiger partial charge in [-0.05, 0) is 51.0 Å². The molecular formula is C14H21NO5S. The molecule has 7 heteroatoms. The van der Waals surface area contributed by atoms with Crippen LogP contribution in [0.5, 0.6) is 5.75 Å². The Morgan fingerprint density at radius 3 is 2.00 bits per heavy atom. The smallest absolute Gasteiger partial charge is 0.324 e. The van der Waals surface area contributed by atoms with Crippen LogP contribution in [0.4, 0.5) is 0 Å². The summed E-state index contributed by atoms with van der Waals surface area (Å²) < 4.78 is 31.5. The van der Waals surface area contributed by atoms with Crippen LogP contribution >= 0.6 is 0 Å². The van der Waals surface area contributed by atoms with Crippen molar-refractivity contribution in [2.24, 2.45) is 0 Å². The fourth-order valence-corrected chi connectivity index (χ4v) is 3.89. The summed E-state index contributed by atoms with van der Waals surface area (Å²) in [6, 6.07) is 3.23. The van der Waals surface area contributed by atoms with E-state index in [9.17, 15) is 18.3 Å². The van der Waals surface area contributed by atoms with Gasteiger partial charge in [-0.1, -0.05) is 0 Å². The van der Waals surface area contributed by atoms with Crippen LogP contribution in [0.3, 0.4) is 0 Å². The number of ether oxygens (including phenoxy) is 1. The average molecular weight is 315 g/mol. The van der Waals surface area contributed by atoms with Crippen molar-refractivity contribution < 1.29 is 23.1 Å². The van der Waals surface area contributed by atoms with E-state index in [2.05, 4.69) is 0 Å². The summed E-state index contributed by atoms with van der Waals surface area (Å²) in [4.78, 5) is 11.4. The minimum atomic E-state index is -3.93. The first-order chi connectivity index (χ1) is 9.46. The van der Waals surface area contributed by atoms with Crippen molar-refractivity contribution in [3.05, 3.63) is 23.3 Å². The number of rotatable bonds is 5. The molecule has 21 heavy (non-hydrogen) atoms. The quantitative estimate of drug-likeness (QED) is 0.895. The van der Waals surface area contributed by atoms with Crippen LogP contribution < -0.4 is 4.74 Å².